The van der Waals surface area contributed by atoms with E-state index in [-0.39, 0.29) is 25.0 Å². The Bertz CT molecular complexity index is 474. The lowest BCUT2D eigenvalue weighted by atomic mass is 10.2. The summed E-state index contributed by atoms with van der Waals surface area (Å²) < 4.78 is 5.48. The molecule has 1 fully saturated rings. The predicted octanol–water partition coefficient (Wildman–Crippen LogP) is 0.586. The Morgan fingerprint density at radius 1 is 1.47 bits per heavy atom. The maximum absolute atomic E-state index is 11.9. The zero-order chi connectivity index (χ0) is 13.7. The minimum Gasteiger partial charge on any atom is -0.484 e. The predicted molar refractivity (Wildman–Crippen MR) is 70.9 cm³/mol. The number of hydrogen-bond donors (Lipinski definition) is 1. The molecule has 0 aromatic heterocycles. The average molecular weight is 262 g/mol. The number of aryl methyl sites for hydroxylation is 1. The quantitative estimate of drug-likeness (QED) is 0.864. The van der Waals surface area contributed by atoms with E-state index in [0.717, 1.165) is 6.42 Å². The van der Waals surface area contributed by atoms with Gasteiger partial charge in [-0.1, -0.05) is 19.1 Å². The van der Waals surface area contributed by atoms with Crippen LogP contribution in [-0.4, -0.2) is 43.0 Å². The molecule has 5 nitrogen and oxygen atoms in total. The largest absolute Gasteiger partial charge is 0.484 e. The molecule has 1 aromatic carbocycles. The van der Waals surface area contributed by atoms with Gasteiger partial charge in [-0.05, 0) is 24.1 Å². The van der Waals surface area contributed by atoms with Crippen LogP contribution in [0.1, 0.15) is 12.5 Å². The van der Waals surface area contributed by atoms with Gasteiger partial charge in [0.1, 0.15) is 5.75 Å². The first-order chi connectivity index (χ1) is 9.19. The molecule has 1 aromatic rings. The van der Waals surface area contributed by atoms with Crippen molar-refractivity contribution in [2.24, 2.45) is 0 Å². The molecule has 0 radical (unpaired) electrons. The zero-order valence-corrected chi connectivity index (χ0v) is 11.0. The van der Waals surface area contributed by atoms with Crippen molar-refractivity contribution in [1.29, 1.82) is 0 Å². The Morgan fingerprint density at radius 3 is 3.05 bits per heavy atom. The van der Waals surface area contributed by atoms with E-state index >= 15 is 0 Å². The van der Waals surface area contributed by atoms with Crippen LogP contribution in [0.2, 0.25) is 0 Å². The van der Waals surface area contributed by atoms with Gasteiger partial charge in [0.2, 0.25) is 5.91 Å². The molecular weight excluding hydrogens is 244 g/mol. The molecule has 0 bridgehead atoms. The third-order valence-corrected chi connectivity index (χ3v) is 3.06. The van der Waals surface area contributed by atoms with Gasteiger partial charge in [-0.15, -0.1) is 0 Å². The Hall–Kier alpha value is -2.04. The summed E-state index contributed by atoms with van der Waals surface area (Å²) in [5.74, 6) is 0.415. The molecule has 19 heavy (non-hydrogen) atoms. The second-order valence-electron chi connectivity index (χ2n) is 4.45. The lowest BCUT2D eigenvalue weighted by Gasteiger charge is -2.26. The summed E-state index contributed by atoms with van der Waals surface area (Å²) in [7, 11) is 0. The van der Waals surface area contributed by atoms with Crippen LogP contribution in [0.4, 0.5) is 0 Å². The van der Waals surface area contributed by atoms with E-state index in [1.807, 2.05) is 24.3 Å². The summed E-state index contributed by atoms with van der Waals surface area (Å²) in [5, 5.41) is 2.68. The van der Waals surface area contributed by atoms with Gasteiger partial charge in [-0.25, -0.2) is 0 Å². The molecule has 0 aliphatic carbocycles. The van der Waals surface area contributed by atoms with Crippen molar-refractivity contribution in [2.45, 2.75) is 13.3 Å². The molecule has 1 aliphatic heterocycles. The van der Waals surface area contributed by atoms with Gasteiger partial charge >= 0.3 is 0 Å². The van der Waals surface area contributed by atoms with Crippen LogP contribution in [0.25, 0.3) is 0 Å². The highest BCUT2D eigenvalue weighted by Gasteiger charge is 2.21. The van der Waals surface area contributed by atoms with Crippen molar-refractivity contribution in [3.8, 4) is 5.75 Å². The molecule has 5 heteroatoms. The second kappa shape index (κ2) is 6.22. The fraction of sp³-hybridized carbons (Fsp3) is 0.429. The number of nitrogens with one attached hydrogen (secondary N) is 1. The molecule has 102 valence electrons. The van der Waals surface area contributed by atoms with Crippen LogP contribution in [0.5, 0.6) is 5.75 Å². The first kappa shape index (κ1) is 13.4. The molecule has 0 atom stereocenters. The van der Waals surface area contributed by atoms with E-state index in [9.17, 15) is 9.59 Å². The Labute approximate surface area is 112 Å². The summed E-state index contributed by atoms with van der Waals surface area (Å²) >= 11 is 0. The molecule has 0 saturated carbocycles. The van der Waals surface area contributed by atoms with Gasteiger partial charge in [-0.3, -0.25) is 9.59 Å². The van der Waals surface area contributed by atoms with E-state index < -0.39 is 0 Å². The normalized spacial score (nSPS) is 15.0. The van der Waals surface area contributed by atoms with Crippen molar-refractivity contribution in [1.82, 2.24) is 10.2 Å². The SMILES string of the molecule is CCc1cccc(OCC(=O)N2CCNC(=O)C2)c1. The van der Waals surface area contributed by atoms with Crippen LogP contribution in [0, 0.1) is 0 Å². The third kappa shape index (κ3) is 3.71. The minimum atomic E-state index is -0.156. The number of carbonyl (C=O) groups is 2. The zero-order valence-electron chi connectivity index (χ0n) is 11.0. The highest BCUT2D eigenvalue weighted by atomic mass is 16.5. The number of carbonyl (C=O) groups excluding carboxylic acids is 2. The van der Waals surface area contributed by atoms with Gasteiger partial charge in [0.25, 0.3) is 5.91 Å². The highest BCUT2D eigenvalue weighted by Crippen LogP contribution is 2.13. The number of nitrogens with zero attached hydrogens (tertiary/aromatic N) is 1. The monoisotopic (exact) mass is 262 g/mol. The molecule has 1 aliphatic rings. The van der Waals surface area contributed by atoms with Crippen molar-refractivity contribution in [3.05, 3.63) is 29.8 Å². The number of ether oxygens (including phenoxy) is 1. The second-order valence-corrected chi connectivity index (χ2v) is 4.45. The van der Waals surface area contributed by atoms with E-state index in [1.54, 1.807) is 0 Å². The Balaban J connectivity index is 1.87. The van der Waals surface area contributed by atoms with Crippen LogP contribution >= 0.6 is 0 Å². The molecule has 2 rings (SSSR count). The van der Waals surface area contributed by atoms with E-state index in [0.29, 0.717) is 18.8 Å². The van der Waals surface area contributed by atoms with E-state index in [2.05, 4.69) is 12.2 Å². The summed E-state index contributed by atoms with van der Waals surface area (Å²) in [4.78, 5) is 24.6. The number of hydrogen-bond acceptors (Lipinski definition) is 3. The van der Waals surface area contributed by atoms with E-state index in [1.165, 1.54) is 10.5 Å². The minimum absolute atomic E-state index is 0.0273. The van der Waals surface area contributed by atoms with Gasteiger partial charge in [-0.2, -0.15) is 0 Å². The smallest absolute Gasteiger partial charge is 0.261 e. The molecule has 1 saturated heterocycles. The van der Waals surface area contributed by atoms with Gasteiger partial charge in [0, 0.05) is 13.1 Å². The number of benzene rings is 1. The Kier molecular flexibility index (Phi) is 4.39. The lowest BCUT2D eigenvalue weighted by molar-refractivity contribution is -0.139. The maximum Gasteiger partial charge on any atom is 0.261 e. The van der Waals surface area contributed by atoms with Crippen LogP contribution in [0.15, 0.2) is 24.3 Å². The van der Waals surface area contributed by atoms with Crippen molar-refractivity contribution in [3.63, 3.8) is 0 Å². The number of piperazine rings is 1. The average Bonchev–Trinajstić information content (AvgIpc) is 2.45. The fourth-order valence-electron chi connectivity index (χ4n) is 1.94. The Morgan fingerprint density at radius 2 is 2.32 bits per heavy atom. The highest BCUT2D eigenvalue weighted by molar-refractivity contribution is 5.86. The van der Waals surface area contributed by atoms with Crippen LogP contribution < -0.4 is 10.1 Å². The van der Waals surface area contributed by atoms with Gasteiger partial charge in [0.05, 0.1) is 6.54 Å². The first-order valence-electron chi connectivity index (χ1n) is 6.45. The van der Waals surface area contributed by atoms with Crippen LogP contribution in [0.3, 0.4) is 0 Å². The molecule has 1 heterocycles. The molecular formula is C14H18N2O3. The standard InChI is InChI=1S/C14H18N2O3/c1-2-11-4-3-5-12(8-11)19-10-14(18)16-7-6-15-13(17)9-16/h3-5,8H,2,6-7,9-10H2,1H3,(H,15,17). The maximum atomic E-state index is 11.9. The molecule has 2 amide bonds. The lowest BCUT2D eigenvalue weighted by Crippen LogP contribution is -2.51. The molecule has 0 unspecified atom stereocenters. The summed E-state index contributed by atoms with van der Waals surface area (Å²) in [6.45, 7) is 3.22. The van der Waals surface area contributed by atoms with Crippen molar-refractivity contribution >= 4 is 11.8 Å². The van der Waals surface area contributed by atoms with Crippen molar-refractivity contribution < 1.29 is 14.3 Å². The summed E-state index contributed by atoms with van der Waals surface area (Å²) in [6.07, 6.45) is 0.928. The fourth-order valence-corrected chi connectivity index (χ4v) is 1.94. The summed E-state index contributed by atoms with van der Waals surface area (Å²) in [5.41, 5.74) is 1.17. The van der Waals surface area contributed by atoms with Gasteiger partial charge in [0.15, 0.2) is 6.61 Å². The topological polar surface area (TPSA) is 58.6 Å². The van der Waals surface area contributed by atoms with Crippen molar-refractivity contribution in [2.75, 3.05) is 26.2 Å². The number of amides is 2. The molecule has 0 spiro atoms. The van der Waals surface area contributed by atoms with Crippen LogP contribution in [-0.2, 0) is 16.0 Å². The van der Waals surface area contributed by atoms with Gasteiger partial charge < -0.3 is 15.0 Å². The van der Waals surface area contributed by atoms with E-state index in [4.69, 9.17) is 4.74 Å². The summed E-state index contributed by atoms with van der Waals surface area (Å²) in [6, 6.07) is 7.68. The molecule has 1 N–H and O–H groups in total. The number of rotatable bonds is 4. The first-order valence-corrected chi connectivity index (χ1v) is 6.45. The third-order valence-electron chi connectivity index (χ3n) is 3.06.